The van der Waals surface area contributed by atoms with Gasteiger partial charge in [0.2, 0.25) is 0 Å². The van der Waals surface area contributed by atoms with Crippen LogP contribution in [0.25, 0.3) is 0 Å². The summed E-state index contributed by atoms with van der Waals surface area (Å²) in [6.45, 7) is 2.01. The van der Waals surface area contributed by atoms with E-state index >= 15 is 0 Å². The lowest BCUT2D eigenvalue weighted by molar-refractivity contribution is 0.414. The predicted molar refractivity (Wildman–Crippen MR) is 87.1 cm³/mol. The molecule has 1 atom stereocenters. The zero-order chi connectivity index (χ0) is 15.5. The maximum Gasteiger partial charge on any atom is 0.124 e. The molecule has 112 valence electrons. The summed E-state index contributed by atoms with van der Waals surface area (Å²) in [6, 6.07) is 12.6. The van der Waals surface area contributed by atoms with Gasteiger partial charge in [0.25, 0.3) is 0 Å². The van der Waals surface area contributed by atoms with Crippen LogP contribution in [0.5, 0.6) is 5.75 Å². The van der Waals surface area contributed by atoms with Gasteiger partial charge in [-0.25, -0.2) is 4.39 Å². The quantitative estimate of drug-likeness (QED) is 0.879. The maximum atomic E-state index is 13.1. The Morgan fingerprint density at radius 1 is 1.14 bits per heavy atom. The second-order valence-corrected chi connectivity index (χ2v) is 6.45. The lowest BCUT2D eigenvalue weighted by Crippen LogP contribution is -2.41. The molecule has 0 aliphatic carbocycles. The van der Waals surface area contributed by atoms with Gasteiger partial charge in [-0.3, -0.25) is 0 Å². The van der Waals surface area contributed by atoms with Crippen molar-refractivity contribution in [2.75, 3.05) is 7.11 Å². The van der Waals surface area contributed by atoms with Crippen LogP contribution in [0, 0.1) is 5.82 Å². The van der Waals surface area contributed by atoms with Crippen molar-refractivity contribution < 1.29 is 9.13 Å². The fraction of sp³-hybridized carbons (Fsp3) is 0.294. The monoisotopic (exact) mass is 351 g/mol. The van der Waals surface area contributed by atoms with Gasteiger partial charge in [-0.2, -0.15) is 0 Å². The van der Waals surface area contributed by atoms with E-state index in [-0.39, 0.29) is 5.82 Å². The van der Waals surface area contributed by atoms with E-state index in [4.69, 9.17) is 10.5 Å². The zero-order valence-corrected chi connectivity index (χ0v) is 13.8. The van der Waals surface area contributed by atoms with Gasteiger partial charge in [0, 0.05) is 10.0 Å². The van der Waals surface area contributed by atoms with Crippen molar-refractivity contribution in [3.05, 3.63) is 63.9 Å². The second-order valence-electron chi connectivity index (χ2n) is 5.59. The normalized spacial score (nSPS) is 13.8. The van der Waals surface area contributed by atoms with Crippen LogP contribution in [0.15, 0.2) is 46.9 Å². The number of rotatable bonds is 5. The van der Waals surface area contributed by atoms with Crippen LogP contribution in [0.1, 0.15) is 18.1 Å². The Balaban J connectivity index is 2.10. The van der Waals surface area contributed by atoms with Gasteiger partial charge in [-0.05, 0) is 55.2 Å². The summed E-state index contributed by atoms with van der Waals surface area (Å²) in [5.41, 5.74) is 8.17. The molecule has 0 saturated carbocycles. The molecule has 21 heavy (non-hydrogen) atoms. The van der Waals surface area contributed by atoms with E-state index < -0.39 is 5.54 Å². The number of nitrogens with two attached hydrogens (primary N) is 1. The average molecular weight is 352 g/mol. The van der Waals surface area contributed by atoms with Crippen molar-refractivity contribution in [3.63, 3.8) is 0 Å². The minimum Gasteiger partial charge on any atom is -0.497 e. The first-order valence-electron chi connectivity index (χ1n) is 6.75. The molecule has 0 aliphatic rings. The molecule has 0 aliphatic heterocycles. The Morgan fingerprint density at radius 3 is 2.38 bits per heavy atom. The highest BCUT2D eigenvalue weighted by Gasteiger charge is 2.21. The van der Waals surface area contributed by atoms with Crippen LogP contribution < -0.4 is 10.5 Å². The standard InChI is InChI=1S/C17H19BrFNO/c1-17(20,10-12-3-7-15(21-2)8-4-12)11-13-5-6-14(19)9-16(13)18/h3-9H,10-11,20H2,1-2H3. The third kappa shape index (κ3) is 4.55. The predicted octanol–water partition coefficient (Wildman–Crippen LogP) is 4.10. The van der Waals surface area contributed by atoms with Gasteiger partial charge in [-0.15, -0.1) is 0 Å². The van der Waals surface area contributed by atoms with Crippen molar-refractivity contribution in [2.45, 2.75) is 25.3 Å². The van der Waals surface area contributed by atoms with Gasteiger partial charge >= 0.3 is 0 Å². The summed E-state index contributed by atoms with van der Waals surface area (Å²) < 4.78 is 19.0. The molecule has 2 aromatic rings. The Kier molecular flexibility index (Phi) is 5.01. The fourth-order valence-corrected chi connectivity index (χ4v) is 2.86. The van der Waals surface area contributed by atoms with E-state index in [1.807, 2.05) is 31.2 Å². The van der Waals surface area contributed by atoms with Crippen molar-refractivity contribution >= 4 is 15.9 Å². The lowest BCUT2D eigenvalue weighted by Gasteiger charge is -2.25. The Labute approximate surface area is 133 Å². The molecule has 2 rings (SSSR count). The van der Waals surface area contributed by atoms with Crippen molar-refractivity contribution in [1.29, 1.82) is 0 Å². The van der Waals surface area contributed by atoms with Crippen LogP contribution >= 0.6 is 15.9 Å². The first-order chi connectivity index (χ1) is 9.89. The SMILES string of the molecule is COc1ccc(CC(C)(N)Cc2ccc(F)cc2Br)cc1. The molecule has 2 N–H and O–H groups in total. The fourth-order valence-electron chi connectivity index (χ4n) is 2.37. The van der Waals surface area contributed by atoms with Gasteiger partial charge < -0.3 is 10.5 Å². The molecule has 0 spiro atoms. The Hall–Kier alpha value is -1.39. The molecular formula is C17H19BrFNO. The largest absolute Gasteiger partial charge is 0.497 e. The highest BCUT2D eigenvalue weighted by molar-refractivity contribution is 9.10. The molecule has 2 aromatic carbocycles. The highest BCUT2D eigenvalue weighted by atomic mass is 79.9. The van der Waals surface area contributed by atoms with E-state index in [0.29, 0.717) is 6.42 Å². The van der Waals surface area contributed by atoms with Crippen LogP contribution in [-0.2, 0) is 12.8 Å². The number of ether oxygens (including phenoxy) is 1. The molecule has 1 unspecified atom stereocenters. The van der Waals surface area contributed by atoms with Gasteiger partial charge in [0.1, 0.15) is 11.6 Å². The summed E-state index contributed by atoms with van der Waals surface area (Å²) >= 11 is 3.39. The van der Waals surface area contributed by atoms with Crippen LogP contribution in [-0.4, -0.2) is 12.6 Å². The van der Waals surface area contributed by atoms with E-state index in [9.17, 15) is 4.39 Å². The molecule has 0 bridgehead atoms. The van der Waals surface area contributed by atoms with Crippen LogP contribution in [0.3, 0.4) is 0 Å². The summed E-state index contributed by atoms with van der Waals surface area (Å²) in [6.07, 6.45) is 1.40. The number of hydrogen-bond acceptors (Lipinski definition) is 2. The number of hydrogen-bond donors (Lipinski definition) is 1. The van der Waals surface area contributed by atoms with Crippen LogP contribution in [0.2, 0.25) is 0 Å². The number of methoxy groups -OCH3 is 1. The van der Waals surface area contributed by atoms with E-state index in [0.717, 1.165) is 27.8 Å². The third-order valence-corrected chi connectivity index (χ3v) is 4.11. The minimum absolute atomic E-state index is 0.250. The Morgan fingerprint density at radius 2 is 1.81 bits per heavy atom. The first kappa shape index (κ1) is 16.0. The zero-order valence-electron chi connectivity index (χ0n) is 12.2. The van der Waals surface area contributed by atoms with E-state index in [2.05, 4.69) is 15.9 Å². The average Bonchev–Trinajstić information content (AvgIpc) is 2.42. The smallest absolute Gasteiger partial charge is 0.124 e. The molecule has 0 fully saturated rings. The molecule has 0 saturated heterocycles. The first-order valence-corrected chi connectivity index (χ1v) is 7.55. The number of benzene rings is 2. The summed E-state index contributed by atoms with van der Waals surface area (Å²) in [4.78, 5) is 0. The van der Waals surface area contributed by atoms with E-state index in [1.165, 1.54) is 12.1 Å². The van der Waals surface area contributed by atoms with Crippen molar-refractivity contribution in [1.82, 2.24) is 0 Å². The molecule has 0 amide bonds. The van der Waals surface area contributed by atoms with Gasteiger partial charge in [-0.1, -0.05) is 34.1 Å². The van der Waals surface area contributed by atoms with Gasteiger partial charge in [0.15, 0.2) is 0 Å². The topological polar surface area (TPSA) is 35.2 Å². The summed E-state index contributed by atoms with van der Waals surface area (Å²) in [5, 5.41) is 0. The van der Waals surface area contributed by atoms with E-state index in [1.54, 1.807) is 13.2 Å². The molecule has 0 aromatic heterocycles. The molecular weight excluding hydrogens is 333 g/mol. The minimum atomic E-state index is -0.408. The van der Waals surface area contributed by atoms with Crippen molar-refractivity contribution in [2.24, 2.45) is 5.73 Å². The third-order valence-electron chi connectivity index (χ3n) is 3.38. The van der Waals surface area contributed by atoms with Gasteiger partial charge in [0.05, 0.1) is 7.11 Å². The highest BCUT2D eigenvalue weighted by Crippen LogP contribution is 2.24. The summed E-state index contributed by atoms with van der Waals surface area (Å²) in [7, 11) is 1.65. The molecule has 0 heterocycles. The second kappa shape index (κ2) is 6.58. The summed E-state index contributed by atoms with van der Waals surface area (Å²) in [5.74, 6) is 0.582. The van der Waals surface area contributed by atoms with Crippen molar-refractivity contribution in [3.8, 4) is 5.75 Å². The Bertz CT molecular complexity index is 611. The maximum absolute atomic E-state index is 13.1. The molecule has 2 nitrogen and oxygen atoms in total. The molecule has 4 heteroatoms. The number of halogens is 2. The molecule has 0 radical (unpaired) electrons. The lowest BCUT2D eigenvalue weighted by atomic mass is 9.87. The van der Waals surface area contributed by atoms with Crippen LogP contribution in [0.4, 0.5) is 4.39 Å².